The molecule has 0 radical (unpaired) electrons. The fourth-order valence-electron chi connectivity index (χ4n) is 3.73. The Morgan fingerprint density at radius 3 is 1.02 bits per heavy atom. The van der Waals surface area contributed by atoms with E-state index in [1.165, 1.54) is 0 Å². The van der Waals surface area contributed by atoms with Crippen LogP contribution in [0.25, 0.3) is 0 Å². The third-order valence-corrected chi connectivity index (χ3v) is 5.90. The van der Waals surface area contributed by atoms with Crippen molar-refractivity contribution in [2.24, 2.45) is 0 Å². The topological polar surface area (TPSA) is 95.1 Å². The minimum atomic E-state index is -0.896. The predicted molar refractivity (Wildman–Crippen MR) is 170 cm³/mol. The molecule has 2 aromatic rings. The lowest BCUT2D eigenvalue weighted by molar-refractivity contribution is -0.133. The van der Waals surface area contributed by atoms with Gasteiger partial charge in [0, 0.05) is 0 Å². The summed E-state index contributed by atoms with van der Waals surface area (Å²) in [4.78, 5) is 26.5. The fraction of sp³-hybridized carbons (Fsp3) is 0.353. The number of allylic oxidation sites excluding steroid dienone is 4. The van der Waals surface area contributed by atoms with Crippen LogP contribution in [0.2, 0.25) is 0 Å². The Bertz CT molecular complexity index is 1020. The third-order valence-electron chi connectivity index (χ3n) is 5.90. The number of ether oxygens (including phenoxy) is 4. The average molecular weight is 577 g/mol. The molecule has 0 spiro atoms. The summed E-state index contributed by atoms with van der Waals surface area (Å²) in [6, 6.07) is 10.4. The van der Waals surface area contributed by atoms with Gasteiger partial charge in [0.05, 0.1) is 26.4 Å². The van der Waals surface area contributed by atoms with E-state index in [2.05, 4.69) is 36.9 Å². The molecule has 0 aromatic heterocycles. The predicted octanol–water partition coefficient (Wildman–Crippen LogP) is 7.64. The van der Waals surface area contributed by atoms with E-state index in [1.807, 2.05) is 24.3 Å². The molecule has 8 nitrogen and oxygen atoms in total. The van der Waals surface area contributed by atoms with Crippen LogP contribution in [-0.2, 0) is 9.59 Å². The summed E-state index contributed by atoms with van der Waals surface area (Å²) in [5.74, 6) is -0.186. The molecule has 0 heterocycles. The number of rotatable bonds is 22. The number of anilines is 2. The number of carbonyl (C=O) groups is 2. The van der Waals surface area contributed by atoms with Crippen LogP contribution >= 0.6 is 0 Å². The summed E-state index contributed by atoms with van der Waals surface area (Å²) in [6.07, 6.45) is 13.4. The lowest BCUT2D eigenvalue weighted by Gasteiger charge is -2.18. The second-order valence-electron chi connectivity index (χ2n) is 9.28. The van der Waals surface area contributed by atoms with Gasteiger partial charge >= 0.3 is 11.8 Å². The molecule has 0 aliphatic heterocycles. The first-order valence-electron chi connectivity index (χ1n) is 14.4. The minimum Gasteiger partial charge on any atom is -0.491 e. The van der Waals surface area contributed by atoms with E-state index in [0.717, 1.165) is 51.4 Å². The molecule has 0 saturated carbocycles. The molecular weight excluding hydrogens is 532 g/mol. The summed E-state index contributed by atoms with van der Waals surface area (Å²) in [6.45, 7) is 16.6. The van der Waals surface area contributed by atoms with Gasteiger partial charge in [0.1, 0.15) is 34.4 Å². The maximum atomic E-state index is 13.2. The zero-order valence-electron chi connectivity index (χ0n) is 24.5. The highest BCUT2D eigenvalue weighted by molar-refractivity contribution is 6.44. The van der Waals surface area contributed by atoms with E-state index in [0.29, 0.717) is 49.4 Å². The number of nitrogens with one attached hydrogen (secondary N) is 2. The van der Waals surface area contributed by atoms with Crippen LogP contribution in [0.1, 0.15) is 51.4 Å². The Labute approximate surface area is 250 Å². The van der Waals surface area contributed by atoms with E-state index in [4.69, 9.17) is 18.9 Å². The molecule has 2 N–H and O–H groups in total. The van der Waals surface area contributed by atoms with E-state index < -0.39 is 11.8 Å². The number of unbranched alkanes of at least 4 members (excludes halogenated alkanes) is 4. The van der Waals surface area contributed by atoms with E-state index in [-0.39, 0.29) is 11.4 Å². The Hall–Kier alpha value is -4.46. The van der Waals surface area contributed by atoms with Gasteiger partial charge in [-0.2, -0.15) is 0 Å². The standard InChI is InChI=1S/C34H44N2O6/c1-5-9-13-23-39-27-19-17-20-28(40-24-14-10-6-2)31(27)35-33(37)34(38)36-32-29(41-25-15-11-7-3)21-18-22-30(32)42-26-16-12-8-4/h5-8,17-22H,1-4,9-16,23-26H2,(H,35,37)(H,36,38). The summed E-state index contributed by atoms with van der Waals surface area (Å²) < 4.78 is 23.7. The summed E-state index contributed by atoms with van der Waals surface area (Å²) in [5, 5.41) is 5.39. The zero-order valence-corrected chi connectivity index (χ0v) is 24.5. The normalized spacial score (nSPS) is 10.2. The molecule has 2 aromatic carbocycles. The number of carbonyl (C=O) groups excluding carboxylic acids is 2. The van der Waals surface area contributed by atoms with Gasteiger partial charge in [-0.25, -0.2) is 0 Å². The highest BCUT2D eigenvalue weighted by Gasteiger charge is 2.23. The number of hydrogen-bond donors (Lipinski definition) is 2. The van der Waals surface area contributed by atoms with Crippen molar-refractivity contribution >= 4 is 23.2 Å². The number of para-hydroxylation sites is 2. The first-order valence-corrected chi connectivity index (χ1v) is 14.4. The molecule has 0 aliphatic carbocycles. The molecule has 2 rings (SSSR count). The zero-order chi connectivity index (χ0) is 30.4. The van der Waals surface area contributed by atoms with Crippen LogP contribution in [0.15, 0.2) is 87.0 Å². The van der Waals surface area contributed by atoms with Crippen molar-refractivity contribution in [3.05, 3.63) is 87.0 Å². The van der Waals surface area contributed by atoms with Crippen LogP contribution in [0.4, 0.5) is 11.4 Å². The molecule has 0 atom stereocenters. The van der Waals surface area contributed by atoms with Gasteiger partial charge in [-0.05, 0) is 75.6 Å². The highest BCUT2D eigenvalue weighted by Crippen LogP contribution is 2.37. The smallest absolute Gasteiger partial charge is 0.314 e. The number of amides is 2. The van der Waals surface area contributed by atoms with Gasteiger partial charge in [0.2, 0.25) is 0 Å². The maximum absolute atomic E-state index is 13.2. The molecule has 42 heavy (non-hydrogen) atoms. The number of benzene rings is 2. The van der Waals surface area contributed by atoms with Crippen LogP contribution < -0.4 is 29.6 Å². The second-order valence-corrected chi connectivity index (χ2v) is 9.28. The van der Waals surface area contributed by atoms with Crippen molar-refractivity contribution in [2.45, 2.75) is 51.4 Å². The first-order chi connectivity index (χ1) is 20.5. The van der Waals surface area contributed by atoms with Crippen molar-refractivity contribution in [1.82, 2.24) is 0 Å². The monoisotopic (exact) mass is 576 g/mol. The van der Waals surface area contributed by atoms with E-state index in [9.17, 15) is 9.59 Å². The van der Waals surface area contributed by atoms with Crippen LogP contribution in [0, 0.1) is 0 Å². The molecule has 2 amide bonds. The average Bonchev–Trinajstić information content (AvgIpc) is 3.00. The van der Waals surface area contributed by atoms with Crippen LogP contribution in [-0.4, -0.2) is 38.2 Å². The molecule has 0 aliphatic rings. The summed E-state index contributed by atoms with van der Waals surface area (Å²) in [5.41, 5.74) is 0.564. The van der Waals surface area contributed by atoms with Gasteiger partial charge in [0.25, 0.3) is 0 Å². The fourth-order valence-corrected chi connectivity index (χ4v) is 3.73. The van der Waals surface area contributed by atoms with Gasteiger partial charge < -0.3 is 29.6 Å². The lowest BCUT2D eigenvalue weighted by atomic mass is 10.2. The van der Waals surface area contributed by atoms with Crippen LogP contribution in [0.3, 0.4) is 0 Å². The molecule has 0 fully saturated rings. The Morgan fingerprint density at radius 2 is 0.786 bits per heavy atom. The first kappa shape index (κ1) is 33.7. The van der Waals surface area contributed by atoms with Crippen LogP contribution in [0.5, 0.6) is 23.0 Å². The highest BCUT2D eigenvalue weighted by atomic mass is 16.5. The van der Waals surface area contributed by atoms with Gasteiger partial charge in [-0.15, -0.1) is 26.3 Å². The minimum absolute atomic E-state index is 0.282. The largest absolute Gasteiger partial charge is 0.491 e. The third kappa shape index (κ3) is 12.0. The molecule has 0 unspecified atom stereocenters. The Balaban J connectivity index is 2.26. The van der Waals surface area contributed by atoms with Crippen molar-refractivity contribution in [2.75, 3.05) is 37.1 Å². The quantitative estimate of drug-likeness (QED) is 0.0850. The maximum Gasteiger partial charge on any atom is 0.314 e. The second kappa shape index (κ2) is 20.4. The van der Waals surface area contributed by atoms with Gasteiger partial charge in [-0.3, -0.25) is 9.59 Å². The van der Waals surface area contributed by atoms with Crippen molar-refractivity contribution < 1.29 is 28.5 Å². The Kier molecular flexibility index (Phi) is 16.4. The SMILES string of the molecule is C=CCCCOc1cccc(OCCCC=C)c1NC(=O)C(=O)Nc1c(OCCCC=C)cccc1OCCCC=C. The molecular formula is C34H44N2O6. The molecule has 0 bridgehead atoms. The Morgan fingerprint density at radius 1 is 0.524 bits per heavy atom. The molecule has 0 saturated heterocycles. The van der Waals surface area contributed by atoms with Crippen molar-refractivity contribution in [3.8, 4) is 23.0 Å². The molecule has 8 heteroatoms. The van der Waals surface area contributed by atoms with Gasteiger partial charge in [-0.1, -0.05) is 36.4 Å². The van der Waals surface area contributed by atoms with Gasteiger partial charge in [0.15, 0.2) is 0 Å². The van der Waals surface area contributed by atoms with E-state index in [1.54, 1.807) is 36.4 Å². The van der Waals surface area contributed by atoms with Crippen molar-refractivity contribution in [3.63, 3.8) is 0 Å². The van der Waals surface area contributed by atoms with Crippen molar-refractivity contribution in [1.29, 1.82) is 0 Å². The molecule has 226 valence electrons. The lowest BCUT2D eigenvalue weighted by Crippen LogP contribution is -2.30. The summed E-state index contributed by atoms with van der Waals surface area (Å²) in [7, 11) is 0. The summed E-state index contributed by atoms with van der Waals surface area (Å²) >= 11 is 0. The number of hydrogen-bond acceptors (Lipinski definition) is 6. The van der Waals surface area contributed by atoms with E-state index >= 15 is 0 Å².